The molecule has 364 valence electrons. The monoisotopic (exact) mass is 994 g/mol. The van der Waals surface area contributed by atoms with Crippen molar-refractivity contribution >= 4 is 98.5 Å². The summed E-state index contributed by atoms with van der Waals surface area (Å²) in [7, 11) is 0. The second-order valence-corrected chi connectivity index (χ2v) is 27.9. The third-order valence-electron chi connectivity index (χ3n) is 19.0. The molecule has 0 saturated carbocycles. The van der Waals surface area contributed by atoms with E-state index in [0.717, 1.165) is 19.3 Å². The van der Waals surface area contributed by atoms with Crippen molar-refractivity contribution in [3.05, 3.63) is 185 Å². The van der Waals surface area contributed by atoms with Gasteiger partial charge >= 0.3 is 6.85 Å². The number of hydrogen-bond donors (Lipinski definition) is 0. The molecule has 15 rings (SSSR count). The van der Waals surface area contributed by atoms with Crippen molar-refractivity contribution in [2.45, 2.75) is 122 Å². The number of nitrogens with zero attached hydrogens (tertiary/aromatic N) is 2. The van der Waals surface area contributed by atoms with Gasteiger partial charge in [-0.15, -0.1) is 22.7 Å². The summed E-state index contributed by atoms with van der Waals surface area (Å²) in [5.74, 6) is 0. The van der Waals surface area contributed by atoms with Crippen LogP contribution >= 0.6 is 22.7 Å². The van der Waals surface area contributed by atoms with E-state index in [-0.39, 0.29) is 33.9 Å². The van der Waals surface area contributed by atoms with E-state index >= 15 is 0 Å². The molecule has 5 heterocycles. The average molecular weight is 995 g/mol. The van der Waals surface area contributed by atoms with Gasteiger partial charge in [0.1, 0.15) is 0 Å². The van der Waals surface area contributed by atoms with Gasteiger partial charge in [-0.3, -0.25) is 0 Å². The Balaban J connectivity index is 1.17. The number of benzene rings is 8. The van der Waals surface area contributed by atoms with Gasteiger partial charge in [0.15, 0.2) is 0 Å². The second-order valence-electron chi connectivity index (χ2n) is 25.8. The molecule has 3 aliphatic heterocycles. The summed E-state index contributed by atoms with van der Waals surface area (Å²) in [6.45, 7) is 24.8. The van der Waals surface area contributed by atoms with Gasteiger partial charge in [-0.25, -0.2) is 0 Å². The fourth-order valence-electron chi connectivity index (χ4n) is 14.6. The summed E-state index contributed by atoms with van der Waals surface area (Å²) in [6, 6.07) is 59.8. The van der Waals surface area contributed by atoms with Crippen molar-refractivity contribution in [2.24, 2.45) is 0 Å². The molecule has 0 amide bonds. The molecule has 0 spiro atoms. The highest BCUT2D eigenvalue weighted by molar-refractivity contribution is 7.27. The molecule has 2 nitrogen and oxygen atoms in total. The summed E-state index contributed by atoms with van der Waals surface area (Å²) >= 11 is 4.01. The van der Waals surface area contributed by atoms with E-state index in [9.17, 15) is 0 Å². The van der Waals surface area contributed by atoms with Crippen LogP contribution in [0.25, 0.3) is 63.6 Å². The SMILES string of the molecule is CC(C)(C)c1ccc(N2c3cc4c(sc5ccccc54)c4c3B3c5c2sc2cc6c(cc52)C(C)(CCC6(C)C)c2cc(cc5c2C(C)(C)CCC5(C)C)N3c2cc(-c3ccccc3)ccc2-4)c(-c2ccccc2)c1. The largest absolute Gasteiger partial charge is 0.376 e. The van der Waals surface area contributed by atoms with Gasteiger partial charge in [-0.2, -0.15) is 0 Å². The van der Waals surface area contributed by atoms with Crippen molar-refractivity contribution in [3.8, 4) is 33.4 Å². The maximum absolute atomic E-state index is 2.87. The number of rotatable bonds is 3. The molecule has 1 atom stereocenters. The molecule has 4 bridgehead atoms. The van der Waals surface area contributed by atoms with Crippen LogP contribution in [0.15, 0.2) is 152 Å². The highest BCUT2D eigenvalue weighted by atomic mass is 32.1. The van der Waals surface area contributed by atoms with Gasteiger partial charge in [0.25, 0.3) is 0 Å². The van der Waals surface area contributed by atoms with E-state index in [1.54, 1.807) is 11.1 Å². The number of thiophene rings is 2. The zero-order chi connectivity index (χ0) is 50.6. The fourth-order valence-corrected chi connectivity index (χ4v) is 17.2. The van der Waals surface area contributed by atoms with Crippen LogP contribution in [0.3, 0.4) is 0 Å². The summed E-state index contributed by atoms with van der Waals surface area (Å²) in [5.41, 5.74) is 24.6. The molecule has 5 heteroatoms. The molecular formula is C69H63BN2S2. The van der Waals surface area contributed by atoms with Crippen LogP contribution in [-0.2, 0) is 27.1 Å². The van der Waals surface area contributed by atoms with Crippen LogP contribution in [0.5, 0.6) is 0 Å². The first kappa shape index (κ1) is 45.0. The average Bonchev–Trinajstić information content (AvgIpc) is 3.97. The smallest absolute Gasteiger partial charge is 0.334 e. The maximum Gasteiger partial charge on any atom is 0.334 e. The molecule has 74 heavy (non-hydrogen) atoms. The van der Waals surface area contributed by atoms with Gasteiger partial charge in [0.05, 0.1) is 10.7 Å². The Kier molecular flexibility index (Phi) is 9.08. The quantitative estimate of drug-likeness (QED) is 0.163. The van der Waals surface area contributed by atoms with Crippen LogP contribution < -0.4 is 20.6 Å². The van der Waals surface area contributed by atoms with Crippen molar-refractivity contribution in [1.29, 1.82) is 0 Å². The first-order valence-corrected chi connectivity index (χ1v) is 28.8. The minimum absolute atomic E-state index is 0.00272. The van der Waals surface area contributed by atoms with Gasteiger partial charge < -0.3 is 9.71 Å². The van der Waals surface area contributed by atoms with Crippen LogP contribution in [-0.4, -0.2) is 6.85 Å². The van der Waals surface area contributed by atoms with E-state index < -0.39 is 0 Å². The lowest BCUT2D eigenvalue weighted by Crippen LogP contribution is -2.61. The molecular weight excluding hydrogens is 932 g/mol. The van der Waals surface area contributed by atoms with Crippen molar-refractivity contribution < 1.29 is 0 Å². The molecule has 1 unspecified atom stereocenters. The van der Waals surface area contributed by atoms with Crippen LogP contribution in [0, 0.1) is 0 Å². The summed E-state index contributed by atoms with van der Waals surface area (Å²) < 4.78 is 4.10. The highest BCUT2D eigenvalue weighted by Gasteiger charge is 2.53. The Labute approximate surface area is 445 Å². The number of anilines is 5. The van der Waals surface area contributed by atoms with Gasteiger partial charge in [0.2, 0.25) is 0 Å². The van der Waals surface area contributed by atoms with Crippen molar-refractivity contribution in [2.75, 3.05) is 9.71 Å². The molecule has 2 aliphatic carbocycles. The van der Waals surface area contributed by atoms with Crippen molar-refractivity contribution in [1.82, 2.24) is 0 Å². The standard InChI is InChI=1S/C69H63BN2S2/c1-65(2,3)43-26-28-54(47(34-43)41-21-15-12-16-22-41)71-56-38-48-45-23-17-18-24-57(45)73-63(48)59-46-27-25-42(40-19-13-11-14-20-40)33-55(46)72-44-35-52-60(68(8,9)30-29-67(52,6)7)53(36-44)69(10)32-31-66(4,5)50-39-58-49(37-51(50)69)61(64(71)74-58)70(72)62(56)59/h11-28,33-39H,29-32H2,1-10H3. The summed E-state index contributed by atoms with van der Waals surface area (Å²) in [4.78, 5) is 5.61. The highest BCUT2D eigenvalue weighted by Crippen LogP contribution is 2.61. The van der Waals surface area contributed by atoms with Gasteiger partial charge in [-0.05, 0) is 168 Å². The van der Waals surface area contributed by atoms with Crippen LogP contribution in [0.4, 0.5) is 27.8 Å². The summed E-state index contributed by atoms with van der Waals surface area (Å²) in [6.07, 6.45) is 4.59. The van der Waals surface area contributed by atoms with E-state index in [1.165, 1.54) is 131 Å². The predicted molar refractivity (Wildman–Crippen MR) is 322 cm³/mol. The maximum atomic E-state index is 2.87. The number of hydrogen-bond acceptors (Lipinski definition) is 4. The van der Waals surface area contributed by atoms with Gasteiger partial charge in [-0.1, -0.05) is 166 Å². The minimum atomic E-state index is -0.195. The minimum Gasteiger partial charge on any atom is -0.376 e. The Morgan fingerprint density at radius 1 is 0.473 bits per heavy atom. The first-order valence-electron chi connectivity index (χ1n) is 27.2. The molecule has 8 aromatic carbocycles. The Morgan fingerprint density at radius 3 is 1.93 bits per heavy atom. The lowest BCUT2D eigenvalue weighted by molar-refractivity contribution is 0.312. The molecule has 0 radical (unpaired) electrons. The Morgan fingerprint density at radius 2 is 1.16 bits per heavy atom. The lowest BCUT2D eigenvalue weighted by Gasteiger charge is -2.51. The third-order valence-corrected chi connectivity index (χ3v) is 21.3. The van der Waals surface area contributed by atoms with E-state index in [1.807, 2.05) is 22.7 Å². The molecule has 0 fully saturated rings. The first-order chi connectivity index (χ1) is 35.4. The zero-order valence-electron chi connectivity index (χ0n) is 44.6. The Bertz CT molecular complexity index is 4070. The third kappa shape index (κ3) is 6.06. The second kappa shape index (κ2) is 14.9. The molecule has 5 aliphatic rings. The fraction of sp³-hybridized carbons (Fsp3) is 0.275. The van der Waals surface area contributed by atoms with E-state index in [0.29, 0.717) is 0 Å². The van der Waals surface area contributed by atoms with Crippen molar-refractivity contribution in [3.63, 3.8) is 0 Å². The van der Waals surface area contributed by atoms with Crippen LogP contribution in [0.2, 0.25) is 0 Å². The van der Waals surface area contributed by atoms with Gasteiger partial charge in [0, 0.05) is 64.0 Å². The molecule has 2 aromatic heterocycles. The topological polar surface area (TPSA) is 6.48 Å². The van der Waals surface area contributed by atoms with Crippen LogP contribution in [0.1, 0.15) is 128 Å². The van der Waals surface area contributed by atoms with E-state index in [2.05, 4.69) is 231 Å². The van der Waals surface area contributed by atoms with E-state index in [4.69, 9.17) is 0 Å². The molecule has 0 N–H and O–H groups in total. The lowest BCUT2D eigenvalue weighted by atomic mass is 9.43. The number of fused-ring (bicyclic) bond motifs is 13. The summed E-state index contributed by atoms with van der Waals surface area (Å²) in [5, 5.41) is 5.41. The Hall–Kier alpha value is -6.40. The zero-order valence-corrected chi connectivity index (χ0v) is 46.2. The molecule has 0 saturated heterocycles. The normalized spacial score (nSPS) is 19.3. The predicted octanol–water partition coefficient (Wildman–Crippen LogP) is 18.6. The molecule has 10 aromatic rings.